The van der Waals surface area contributed by atoms with E-state index < -0.39 is 4.92 Å². The molecule has 1 unspecified atom stereocenters. The summed E-state index contributed by atoms with van der Waals surface area (Å²) >= 11 is 0. The van der Waals surface area contributed by atoms with Crippen LogP contribution in [-0.2, 0) is 13.6 Å². The number of non-ortho nitro benzene ring substituents is 1. The average Bonchev–Trinajstić information content (AvgIpc) is 2.92. The van der Waals surface area contributed by atoms with Gasteiger partial charge in [0.2, 0.25) is 0 Å². The molecule has 2 rings (SSSR count). The van der Waals surface area contributed by atoms with Gasteiger partial charge in [0.1, 0.15) is 0 Å². The molecule has 1 atom stereocenters. The maximum Gasteiger partial charge on any atom is 0.269 e. The zero-order valence-electron chi connectivity index (χ0n) is 14.3. The highest BCUT2D eigenvalue weighted by Gasteiger charge is 2.16. The molecule has 130 valence electrons. The lowest BCUT2D eigenvalue weighted by Gasteiger charge is -2.21. The van der Waals surface area contributed by atoms with Gasteiger partial charge in [-0.25, -0.2) is 0 Å². The SMILES string of the molecule is CC(C)C(CCO)NCc1cn(C)nc1-c1ccc([N+](=O)[O-])cc1. The summed E-state index contributed by atoms with van der Waals surface area (Å²) in [6, 6.07) is 6.64. The number of rotatable bonds is 8. The lowest BCUT2D eigenvalue weighted by Crippen LogP contribution is -2.34. The van der Waals surface area contributed by atoms with Crippen LogP contribution in [0, 0.1) is 16.0 Å². The van der Waals surface area contributed by atoms with Crippen LogP contribution in [0.3, 0.4) is 0 Å². The smallest absolute Gasteiger partial charge is 0.269 e. The van der Waals surface area contributed by atoms with Crippen LogP contribution in [0.15, 0.2) is 30.5 Å². The van der Waals surface area contributed by atoms with Crippen molar-refractivity contribution in [2.24, 2.45) is 13.0 Å². The molecule has 1 heterocycles. The highest BCUT2D eigenvalue weighted by molar-refractivity contribution is 5.64. The van der Waals surface area contributed by atoms with Gasteiger partial charge in [0.05, 0.1) is 10.6 Å². The van der Waals surface area contributed by atoms with Crippen molar-refractivity contribution in [3.8, 4) is 11.3 Å². The molecule has 0 fully saturated rings. The first kappa shape index (κ1) is 18.1. The van der Waals surface area contributed by atoms with E-state index in [1.807, 2.05) is 13.2 Å². The van der Waals surface area contributed by atoms with Crippen LogP contribution in [0.25, 0.3) is 11.3 Å². The van der Waals surface area contributed by atoms with Gasteiger partial charge in [0, 0.05) is 55.7 Å². The molecule has 2 N–H and O–H groups in total. The van der Waals surface area contributed by atoms with Crippen molar-refractivity contribution in [2.75, 3.05) is 6.61 Å². The number of aryl methyl sites for hydroxylation is 1. The number of nitro groups is 1. The maximum atomic E-state index is 10.8. The zero-order chi connectivity index (χ0) is 17.7. The first-order valence-corrected chi connectivity index (χ1v) is 8.04. The minimum absolute atomic E-state index is 0.0668. The Bertz CT molecular complexity index is 680. The van der Waals surface area contributed by atoms with Gasteiger partial charge < -0.3 is 10.4 Å². The van der Waals surface area contributed by atoms with Crippen LogP contribution in [0.1, 0.15) is 25.8 Å². The summed E-state index contributed by atoms with van der Waals surface area (Å²) < 4.78 is 1.74. The van der Waals surface area contributed by atoms with E-state index in [1.54, 1.807) is 16.8 Å². The molecule has 0 saturated heterocycles. The van der Waals surface area contributed by atoms with E-state index in [0.717, 1.165) is 16.8 Å². The molecule has 0 amide bonds. The van der Waals surface area contributed by atoms with E-state index in [-0.39, 0.29) is 18.3 Å². The van der Waals surface area contributed by atoms with E-state index in [4.69, 9.17) is 0 Å². The molecule has 1 aromatic carbocycles. The maximum absolute atomic E-state index is 10.8. The third-order valence-electron chi connectivity index (χ3n) is 4.06. The number of hydrogen-bond acceptors (Lipinski definition) is 5. The van der Waals surface area contributed by atoms with Crippen molar-refractivity contribution >= 4 is 5.69 Å². The summed E-state index contributed by atoms with van der Waals surface area (Å²) in [7, 11) is 1.85. The molecular weight excluding hydrogens is 308 g/mol. The van der Waals surface area contributed by atoms with Crippen molar-refractivity contribution in [3.05, 3.63) is 46.1 Å². The van der Waals surface area contributed by atoms with Crippen molar-refractivity contribution in [3.63, 3.8) is 0 Å². The van der Waals surface area contributed by atoms with Gasteiger partial charge >= 0.3 is 0 Å². The van der Waals surface area contributed by atoms with Crippen molar-refractivity contribution in [1.29, 1.82) is 0 Å². The second-order valence-electron chi connectivity index (χ2n) is 6.22. The average molecular weight is 332 g/mol. The monoisotopic (exact) mass is 332 g/mol. The third-order valence-corrected chi connectivity index (χ3v) is 4.06. The lowest BCUT2D eigenvalue weighted by molar-refractivity contribution is -0.384. The van der Waals surface area contributed by atoms with Gasteiger partial charge in [-0.15, -0.1) is 0 Å². The number of nitro benzene ring substituents is 1. The molecule has 0 aliphatic heterocycles. The summed E-state index contributed by atoms with van der Waals surface area (Å²) in [5.74, 6) is 0.414. The van der Waals surface area contributed by atoms with Gasteiger partial charge in [-0.1, -0.05) is 13.8 Å². The summed E-state index contributed by atoms with van der Waals surface area (Å²) in [4.78, 5) is 10.4. The Hall–Kier alpha value is -2.25. The molecule has 1 aromatic heterocycles. The molecular formula is C17H24N4O3. The number of nitrogens with zero attached hydrogens (tertiary/aromatic N) is 3. The Morgan fingerprint density at radius 1 is 1.33 bits per heavy atom. The van der Waals surface area contributed by atoms with E-state index >= 15 is 0 Å². The fourth-order valence-electron chi connectivity index (χ4n) is 2.70. The van der Waals surface area contributed by atoms with Crippen LogP contribution in [0.5, 0.6) is 0 Å². The molecule has 0 saturated carbocycles. The molecule has 24 heavy (non-hydrogen) atoms. The molecule has 7 heteroatoms. The van der Waals surface area contributed by atoms with E-state index in [2.05, 4.69) is 24.3 Å². The molecule has 0 aliphatic carbocycles. The predicted molar refractivity (Wildman–Crippen MR) is 92.5 cm³/mol. The van der Waals surface area contributed by atoms with Gasteiger partial charge in [-0.2, -0.15) is 5.10 Å². The van der Waals surface area contributed by atoms with Crippen molar-refractivity contribution in [2.45, 2.75) is 32.9 Å². The molecule has 2 aromatic rings. The Balaban J connectivity index is 2.19. The summed E-state index contributed by atoms with van der Waals surface area (Å²) in [5, 5.41) is 27.9. The normalized spacial score (nSPS) is 12.5. The highest BCUT2D eigenvalue weighted by Crippen LogP contribution is 2.24. The first-order valence-electron chi connectivity index (χ1n) is 8.04. The number of aliphatic hydroxyl groups is 1. The van der Waals surface area contributed by atoms with E-state index in [0.29, 0.717) is 18.9 Å². The molecule has 7 nitrogen and oxygen atoms in total. The standard InChI is InChI=1S/C17H24N4O3/c1-12(2)16(8-9-22)18-10-14-11-20(3)19-17(14)13-4-6-15(7-5-13)21(23)24/h4-7,11-12,16,18,22H,8-10H2,1-3H3. The summed E-state index contributed by atoms with van der Waals surface area (Å²) in [5.41, 5.74) is 2.75. The minimum atomic E-state index is -0.410. The van der Waals surface area contributed by atoms with Crippen LogP contribution in [0.4, 0.5) is 5.69 Å². The Morgan fingerprint density at radius 3 is 2.54 bits per heavy atom. The number of aliphatic hydroxyl groups excluding tert-OH is 1. The van der Waals surface area contributed by atoms with Gasteiger partial charge in [0.25, 0.3) is 5.69 Å². The van der Waals surface area contributed by atoms with Crippen LogP contribution in [0.2, 0.25) is 0 Å². The fraction of sp³-hybridized carbons (Fsp3) is 0.471. The first-order chi connectivity index (χ1) is 11.4. The Morgan fingerprint density at radius 2 is 2.00 bits per heavy atom. The van der Waals surface area contributed by atoms with Gasteiger partial charge in [0.15, 0.2) is 0 Å². The molecule has 0 radical (unpaired) electrons. The minimum Gasteiger partial charge on any atom is -0.396 e. The fourth-order valence-corrected chi connectivity index (χ4v) is 2.70. The van der Waals surface area contributed by atoms with Crippen LogP contribution in [-0.4, -0.2) is 32.5 Å². The summed E-state index contributed by atoms with van der Waals surface area (Å²) in [6.45, 7) is 5.02. The number of hydrogen-bond donors (Lipinski definition) is 2. The number of aromatic nitrogens is 2. The van der Waals surface area contributed by atoms with Crippen LogP contribution < -0.4 is 5.32 Å². The Labute approximate surface area is 141 Å². The quantitative estimate of drug-likeness (QED) is 0.572. The zero-order valence-corrected chi connectivity index (χ0v) is 14.3. The third kappa shape index (κ3) is 4.39. The van der Waals surface area contributed by atoms with E-state index in [9.17, 15) is 15.2 Å². The second kappa shape index (κ2) is 8.03. The van der Waals surface area contributed by atoms with Gasteiger partial charge in [-0.3, -0.25) is 14.8 Å². The molecule has 0 bridgehead atoms. The van der Waals surface area contributed by atoms with Crippen molar-refractivity contribution in [1.82, 2.24) is 15.1 Å². The van der Waals surface area contributed by atoms with Crippen molar-refractivity contribution < 1.29 is 10.0 Å². The summed E-state index contributed by atoms with van der Waals surface area (Å²) in [6.07, 6.45) is 2.64. The Kier molecular flexibility index (Phi) is 6.05. The molecule has 0 aliphatic rings. The van der Waals surface area contributed by atoms with E-state index in [1.165, 1.54) is 12.1 Å². The highest BCUT2D eigenvalue weighted by atomic mass is 16.6. The molecule has 0 spiro atoms. The number of benzene rings is 1. The van der Waals surface area contributed by atoms with Crippen LogP contribution >= 0.6 is 0 Å². The topological polar surface area (TPSA) is 93.2 Å². The van der Waals surface area contributed by atoms with Gasteiger partial charge in [-0.05, 0) is 24.5 Å². The number of nitrogens with one attached hydrogen (secondary N) is 1. The predicted octanol–water partition coefficient (Wildman–Crippen LogP) is 2.49. The second-order valence-corrected chi connectivity index (χ2v) is 6.22. The lowest BCUT2D eigenvalue weighted by atomic mass is 10.0. The largest absolute Gasteiger partial charge is 0.396 e.